The molecule has 0 saturated carbocycles. The minimum Gasteiger partial charge on any atom is -0.338 e. The number of likely N-dealkylation sites (N-methyl/N-ethyl adjacent to an activating group) is 1. The van der Waals surface area contributed by atoms with Gasteiger partial charge in [-0.2, -0.15) is 0 Å². The van der Waals surface area contributed by atoms with Crippen molar-refractivity contribution in [2.45, 2.75) is 58.7 Å². The van der Waals surface area contributed by atoms with Gasteiger partial charge in [0.15, 0.2) is 0 Å². The summed E-state index contributed by atoms with van der Waals surface area (Å²) in [5.41, 5.74) is 0. The zero-order valence-corrected chi connectivity index (χ0v) is 10.7. The second kappa shape index (κ2) is 4.97. The van der Waals surface area contributed by atoms with Gasteiger partial charge in [-0.1, -0.05) is 6.92 Å². The van der Waals surface area contributed by atoms with Gasteiger partial charge in [-0.25, -0.2) is 0 Å². The number of carbonyl (C=O) groups excluding carboxylic acids is 1. The summed E-state index contributed by atoms with van der Waals surface area (Å²) in [6.45, 7) is 9.20. The van der Waals surface area contributed by atoms with Crippen molar-refractivity contribution in [2.75, 3.05) is 13.6 Å². The van der Waals surface area contributed by atoms with Crippen LogP contribution in [0.25, 0.3) is 0 Å². The first-order valence-corrected chi connectivity index (χ1v) is 5.98. The molecule has 1 saturated heterocycles. The molecule has 0 aromatic carbocycles. The molecule has 0 spiro atoms. The van der Waals surface area contributed by atoms with Gasteiger partial charge in [-0.15, -0.1) is 0 Å². The van der Waals surface area contributed by atoms with Crippen molar-refractivity contribution >= 4 is 5.91 Å². The molecule has 0 bridgehead atoms. The molecule has 0 radical (unpaired) electrons. The molecule has 2 atom stereocenters. The quantitative estimate of drug-likeness (QED) is 0.711. The average Bonchev–Trinajstić information content (AvgIpc) is 2.59. The smallest absolute Gasteiger partial charge is 0.219 e. The summed E-state index contributed by atoms with van der Waals surface area (Å²) < 4.78 is 0. The van der Waals surface area contributed by atoms with Crippen molar-refractivity contribution < 1.29 is 4.79 Å². The fourth-order valence-electron chi connectivity index (χ4n) is 2.58. The number of likely N-dealkylation sites (tertiary alicyclic amines) is 1. The van der Waals surface area contributed by atoms with Crippen molar-refractivity contribution in [2.24, 2.45) is 0 Å². The SMILES string of the molecule is CCC1C(N(C)C(C)C)CCN1C(C)=O. The van der Waals surface area contributed by atoms with Gasteiger partial charge >= 0.3 is 0 Å². The highest BCUT2D eigenvalue weighted by atomic mass is 16.2. The third kappa shape index (κ3) is 2.51. The first-order valence-electron chi connectivity index (χ1n) is 5.98. The van der Waals surface area contributed by atoms with Crippen LogP contribution in [0.15, 0.2) is 0 Å². The topological polar surface area (TPSA) is 23.6 Å². The van der Waals surface area contributed by atoms with Crippen LogP contribution in [-0.4, -0.2) is 47.4 Å². The standard InChI is InChI=1S/C12H24N2O/c1-6-11-12(13(5)9(2)3)7-8-14(11)10(4)15/h9,11-12H,6-8H2,1-5H3. The van der Waals surface area contributed by atoms with Gasteiger partial charge in [0, 0.05) is 31.6 Å². The minimum atomic E-state index is 0.224. The van der Waals surface area contributed by atoms with Crippen LogP contribution in [0.5, 0.6) is 0 Å². The molecule has 2 unspecified atom stereocenters. The molecule has 1 heterocycles. The molecule has 1 aliphatic heterocycles. The molecule has 1 rings (SSSR count). The first kappa shape index (κ1) is 12.5. The van der Waals surface area contributed by atoms with Crippen molar-refractivity contribution in [3.8, 4) is 0 Å². The number of rotatable bonds is 3. The molecule has 1 aliphatic rings. The molecular formula is C12H24N2O. The Bertz CT molecular complexity index is 228. The average molecular weight is 212 g/mol. The monoisotopic (exact) mass is 212 g/mol. The van der Waals surface area contributed by atoms with E-state index < -0.39 is 0 Å². The highest BCUT2D eigenvalue weighted by molar-refractivity contribution is 5.74. The minimum absolute atomic E-state index is 0.224. The van der Waals surface area contributed by atoms with Crippen LogP contribution in [-0.2, 0) is 4.79 Å². The predicted octanol–water partition coefficient (Wildman–Crippen LogP) is 1.73. The molecular weight excluding hydrogens is 188 g/mol. The molecule has 3 heteroatoms. The summed E-state index contributed by atoms with van der Waals surface area (Å²) in [5, 5.41) is 0. The summed E-state index contributed by atoms with van der Waals surface area (Å²) >= 11 is 0. The fraction of sp³-hybridized carbons (Fsp3) is 0.917. The number of hydrogen-bond acceptors (Lipinski definition) is 2. The number of carbonyl (C=O) groups is 1. The largest absolute Gasteiger partial charge is 0.338 e. The van der Waals surface area contributed by atoms with Crippen LogP contribution >= 0.6 is 0 Å². The van der Waals surface area contributed by atoms with Crippen LogP contribution in [0.3, 0.4) is 0 Å². The Hall–Kier alpha value is -0.570. The second-order valence-corrected chi connectivity index (χ2v) is 4.80. The van der Waals surface area contributed by atoms with Gasteiger partial charge in [0.1, 0.15) is 0 Å². The maximum atomic E-state index is 11.5. The van der Waals surface area contributed by atoms with Crippen molar-refractivity contribution in [1.29, 1.82) is 0 Å². The van der Waals surface area contributed by atoms with Gasteiger partial charge in [-0.3, -0.25) is 9.69 Å². The summed E-state index contributed by atoms with van der Waals surface area (Å²) in [5.74, 6) is 0.224. The normalized spacial score (nSPS) is 26.7. The van der Waals surface area contributed by atoms with Gasteiger partial charge in [0.25, 0.3) is 0 Å². The van der Waals surface area contributed by atoms with Crippen LogP contribution < -0.4 is 0 Å². The van der Waals surface area contributed by atoms with E-state index in [2.05, 4.69) is 32.7 Å². The van der Waals surface area contributed by atoms with E-state index in [4.69, 9.17) is 0 Å². The second-order valence-electron chi connectivity index (χ2n) is 4.80. The lowest BCUT2D eigenvalue weighted by atomic mass is 10.0. The molecule has 15 heavy (non-hydrogen) atoms. The maximum absolute atomic E-state index is 11.5. The number of hydrogen-bond donors (Lipinski definition) is 0. The molecule has 0 N–H and O–H groups in total. The van der Waals surface area contributed by atoms with E-state index >= 15 is 0 Å². The summed E-state index contributed by atoms with van der Waals surface area (Å²) in [7, 11) is 2.17. The Morgan fingerprint density at radius 2 is 2.13 bits per heavy atom. The van der Waals surface area contributed by atoms with Gasteiger partial charge < -0.3 is 4.90 Å². The number of nitrogens with zero attached hydrogens (tertiary/aromatic N) is 2. The van der Waals surface area contributed by atoms with Crippen LogP contribution in [0.1, 0.15) is 40.5 Å². The predicted molar refractivity (Wildman–Crippen MR) is 62.8 cm³/mol. The molecule has 3 nitrogen and oxygen atoms in total. The van der Waals surface area contributed by atoms with E-state index in [0.717, 1.165) is 19.4 Å². The third-order valence-electron chi connectivity index (χ3n) is 3.67. The lowest BCUT2D eigenvalue weighted by Crippen LogP contribution is -2.46. The molecule has 1 amide bonds. The zero-order chi connectivity index (χ0) is 11.6. The molecule has 0 aromatic rings. The summed E-state index contributed by atoms with van der Waals surface area (Å²) in [6.07, 6.45) is 2.17. The van der Waals surface area contributed by atoms with Gasteiger partial charge in [-0.05, 0) is 33.7 Å². The van der Waals surface area contributed by atoms with Crippen molar-refractivity contribution in [3.05, 3.63) is 0 Å². The van der Waals surface area contributed by atoms with Gasteiger partial charge in [0.05, 0.1) is 0 Å². The Morgan fingerprint density at radius 1 is 1.53 bits per heavy atom. The van der Waals surface area contributed by atoms with E-state index in [1.165, 1.54) is 0 Å². The van der Waals surface area contributed by atoms with E-state index in [0.29, 0.717) is 18.1 Å². The zero-order valence-electron chi connectivity index (χ0n) is 10.7. The Morgan fingerprint density at radius 3 is 2.53 bits per heavy atom. The molecule has 0 aliphatic carbocycles. The highest BCUT2D eigenvalue weighted by Crippen LogP contribution is 2.25. The van der Waals surface area contributed by atoms with E-state index in [9.17, 15) is 4.79 Å². The lowest BCUT2D eigenvalue weighted by Gasteiger charge is -2.34. The summed E-state index contributed by atoms with van der Waals surface area (Å²) in [4.78, 5) is 15.9. The molecule has 0 aromatic heterocycles. The van der Waals surface area contributed by atoms with E-state index in [1.807, 2.05) is 4.90 Å². The van der Waals surface area contributed by atoms with Crippen LogP contribution in [0.2, 0.25) is 0 Å². The molecule has 1 fully saturated rings. The van der Waals surface area contributed by atoms with Crippen LogP contribution in [0.4, 0.5) is 0 Å². The maximum Gasteiger partial charge on any atom is 0.219 e. The Kier molecular flexibility index (Phi) is 4.14. The third-order valence-corrected chi connectivity index (χ3v) is 3.67. The van der Waals surface area contributed by atoms with E-state index in [1.54, 1.807) is 6.92 Å². The molecule has 88 valence electrons. The van der Waals surface area contributed by atoms with Crippen LogP contribution in [0, 0.1) is 0 Å². The summed E-state index contributed by atoms with van der Waals surface area (Å²) in [6, 6.07) is 1.50. The van der Waals surface area contributed by atoms with E-state index in [-0.39, 0.29) is 5.91 Å². The van der Waals surface area contributed by atoms with Gasteiger partial charge in [0.2, 0.25) is 5.91 Å². The van der Waals surface area contributed by atoms with Crippen molar-refractivity contribution in [3.63, 3.8) is 0 Å². The first-order chi connectivity index (χ1) is 6.99. The van der Waals surface area contributed by atoms with Crippen molar-refractivity contribution in [1.82, 2.24) is 9.80 Å². The Balaban J connectivity index is 2.72. The highest BCUT2D eigenvalue weighted by Gasteiger charge is 2.36. The lowest BCUT2D eigenvalue weighted by molar-refractivity contribution is -0.130. The fourth-order valence-corrected chi connectivity index (χ4v) is 2.58. The Labute approximate surface area is 93.4 Å². The number of amides is 1.